The van der Waals surface area contributed by atoms with Crippen LogP contribution in [0.25, 0.3) is 0 Å². The van der Waals surface area contributed by atoms with Gasteiger partial charge in [-0.1, -0.05) is 0 Å². The van der Waals surface area contributed by atoms with E-state index in [0.717, 1.165) is 5.56 Å². The minimum absolute atomic E-state index is 0.133. The van der Waals surface area contributed by atoms with E-state index in [4.69, 9.17) is 5.73 Å². The summed E-state index contributed by atoms with van der Waals surface area (Å²) < 4.78 is 28.4. The van der Waals surface area contributed by atoms with Gasteiger partial charge in [0.05, 0.1) is 11.9 Å². The molecule has 0 bridgehead atoms. The number of sulfonamides is 1. The summed E-state index contributed by atoms with van der Waals surface area (Å²) >= 11 is 0. The molecule has 2 N–H and O–H groups in total. The zero-order valence-electron chi connectivity index (χ0n) is 11.3. The van der Waals surface area contributed by atoms with Gasteiger partial charge in [0.25, 0.3) is 10.0 Å². The molecule has 6 nitrogen and oxygen atoms in total. The van der Waals surface area contributed by atoms with Crippen molar-refractivity contribution in [2.45, 2.75) is 24.4 Å². The van der Waals surface area contributed by atoms with Crippen molar-refractivity contribution in [3.8, 4) is 0 Å². The van der Waals surface area contributed by atoms with Crippen molar-refractivity contribution < 1.29 is 8.42 Å². The minimum atomic E-state index is -3.61. The van der Waals surface area contributed by atoms with E-state index in [9.17, 15) is 8.42 Å². The Kier molecular flexibility index (Phi) is 2.75. The maximum atomic E-state index is 12.8. The van der Waals surface area contributed by atoms with Crippen LogP contribution in [0.3, 0.4) is 0 Å². The fourth-order valence-electron chi connectivity index (χ4n) is 2.70. The number of benzene rings is 1. The second kappa shape index (κ2) is 4.24. The molecule has 0 fully saturated rings. The van der Waals surface area contributed by atoms with Crippen LogP contribution < -0.4 is 10.0 Å². The molecule has 1 aliphatic rings. The third-order valence-corrected chi connectivity index (χ3v) is 5.56. The standard InChI is InChI=1S/C13H16N4O2S/c1-9-7-10-8-11(14)3-4-12(10)17(9)20(18,19)13-5-6-15-16(13)2/h3-6,8-9H,7,14H2,1-2H3. The maximum Gasteiger partial charge on any atom is 0.281 e. The van der Waals surface area contributed by atoms with Crippen LogP contribution in [0.4, 0.5) is 11.4 Å². The highest BCUT2D eigenvalue weighted by atomic mass is 32.2. The van der Waals surface area contributed by atoms with Gasteiger partial charge in [0.15, 0.2) is 5.03 Å². The van der Waals surface area contributed by atoms with Crippen molar-refractivity contribution in [3.05, 3.63) is 36.0 Å². The van der Waals surface area contributed by atoms with Crippen molar-refractivity contribution in [3.63, 3.8) is 0 Å². The van der Waals surface area contributed by atoms with Gasteiger partial charge < -0.3 is 5.73 Å². The predicted octanol–water partition coefficient (Wildman–Crippen LogP) is 1.14. The molecule has 0 saturated heterocycles. The van der Waals surface area contributed by atoms with Gasteiger partial charge in [0.2, 0.25) is 0 Å². The molecule has 1 unspecified atom stereocenters. The van der Waals surface area contributed by atoms with Crippen molar-refractivity contribution in [2.75, 3.05) is 10.0 Å². The highest BCUT2D eigenvalue weighted by Crippen LogP contribution is 2.37. The summed E-state index contributed by atoms with van der Waals surface area (Å²) in [7, 11) is -1.99. The lowest BCUT2D eigenvalue weighted by atomic mass is 10.1. The first kappa shape index (κ1) is 13.0. The quantitative estimate of drug-likeness (QED) is 0.842. The third kappa shape index (κ3) is 1.77. The topological polar surface area (TPSA) is 81.2 Å². The monoisotopic (exact) mass is 292 g/mol. The van der Waals surface area contributed by atoms with E-state index in [1.165, 1.54) is 21.3 Å². The van der Waals surface area contributed by atoms with E-state index in [1.807, 2.05) is 13.0 Å². The number of hydrogen-bond donors (Lipinski definition) is 1. The van der Waals surface area contributed by atoms with Crippen LogP contribution in [-0.2, 0) is 23.5 Å². The molecule has 2 heterocycles. The van der Waals surface area contributed by atoms with Crippen LogP contribution in [0.2, 0.25) is 0 Å². The molecular weight excluding hydrogens is 276 g/mol. The van der Waals surface area contributed by atoms with Crippen molar-refractivity contribution >= 4 is 21.4 Å². The van der Waals surface area contributed by atoms with Crippen LogP contribution in [0, 0.1) is 0 Å². The molecule has 1 atom stereocenters. The van der Waals surface area contributed by atoms with Crippen LogP contribution in [0.1, 0.15) is 12.5 Å². The first-order valence-electron chi connectivity index (χ1n) is 6.32. The second-order valence-corrected chi connectivity index (χ2v) is 6.80. The zero-order valence-corrected chi connectivity index (χ0v) is 12.1. The van der Waals surface area contributed by atoms with Crippen molar-refractivity contribution in [2.24, 2.45) is 7.05 Å². The largest absolute Gasteiger partial charge is 0.399 e. The lowest BCUT2D eigenvalue weighted by molar-refractivity contribution is 0.566. The van der Waals surface area contributed by atoms with E-state index < -0.39 is 10.0 Å². The average molecular weight is 292 g/mol. The number of rotatable bonds is 2. The van der Waals surface area contributed by atoms with E-state index in [-0.39, 0.29) is 11.1 Å². The lowest BCUT2D eigenvalue weighted by Crippen LogP contribution is -2.36. The summed E-state index contributed by atoms with van der Waals surface area (Å²) in [6, 6.07) is 6.71. The van der Waals surface area contributed by atoms with Crippen LogP contribution in [-0.4, -0.2) is 24.2 Å². The van der Waals surface area contributed by atoms with Crippen LogP contribution >= 0.6 is 0 Å². The Morgan fingerprint density at radius 3 is 2.75 bits per heavy atom. The van der Waals surface area contributed by atoms with Gasteiger partial charge in [-0.15, -0.1) is 0 Å². The molecule has 0 amide bonds. The molecule has 1 aliphatic heterocycles. The third-order valence-electron chi connectivity index (χ3n) is 3.56. The van der Waals surface area contributed by atoms with Crippen LogP contribution in [0.5, 0.6) is 0 Å². The van der Waals surface area contributed by atoms with E-state index in [2.05, 4.69) is 5.10 Å². The number of aromatic nitrogens is 2. The van der Waals surface area contributed by atoms with E-state index in [1.54, 1.807) is 19.2 Å². The molecule has 106 valence electrons. The Labute approximate surface area is 117 Å². The average Bonchev–Trinajstić information content (AvgIpc) is 2.91. The number of fused-ring (bicyclic) bond motifs is 1. The smallest absolute Gasteiger partial charge is 0.281 e. The van der Waals surface area contributed by atoms with Crippen molar-refractivity contribution in [1.82, 2.24) is 9.78 Å². The predicted molar refractivity (Wildman–Crippen MR) is 76.9 cm³/mol. The summed E-state index contributed by atoms with van der Waals surface area (Å²) in [6.45, 7) is 1.89. The zero-order chi connectivity index (χ0) is 14.5. The number of nitrogen functional groups attached to an aromatic ring is 1. The number of anilines is 2. The molecule has 0 saturated carbocycles. The molecule has 20 heavy (non-hydrogen) atoms. The number of hydrogen-bond acceptors (Lipinski definition) is 4. The molecule has 3 rings (SSSR count). The van der Waals surface area contributed by atoms with Gasteiger partial charge in [-0.25, -0.2) is 0 Å². The van der Waals surface area contributed by atoms with Gasteiger partial charge in [0, 0.05) is 18.8 Å². The van der Waals surface area contributed by atoms with Crippen molar-refractivity contribution in [1.29, 1.82) is 0 Å². The summed E-state index contributed by atoms with van der Waals surface area (Å²) in [5.41, 5.74) is 8.08. The maximum absolute atomic E-state index is 12.8. The second-order valence-electron chi connectivity index (χ2n) is 5.04. The molecule has 1 aromatic carbocycles. The number of nitrogens with two attached hydrogens (primary N) is 1. The molecule has 7 heteroatoms. The number of aryl methyl sites for hydroxylation is 1. The first-order valence-corrected chi connectivity index (χ1v) is 7.76. The summed E-state index contributed by atoms with van der Waals surface area (Å²) in [4.78, 5) is 0. The van der Waals surface area contributed by atoms with Crippen LogP contribution in [0.15, 0.2) is 35.5 Å². The highest BCUT2D eigenvalue weighted by molar-refractivity contribution is 7.92. The van der Waals surface area contributed by atoms with Gasteiger partial charge in [-0.2, -0.15) is 13.5 Å². The molecule has 2 aromatic rings. The normalized spacial score (nSPS) is 18.3. The molecule has 0 aliphatic carbocycles. The Balaban J connectivity index is 2.14. The van der Waals surface area contributed by atoms with Gasteiger partial charge in [-0.05, 0) is 43.2 Å². The fourth-order valence-corrected chi connectivity index (χ4v) is 4.51. The Morgan fingerprint density at radius 2 is 2.10 bits per heavy atom. The Bertz CT molecular complexity index is 766. The fraction of sp³-hybridized carbons (Fsp3) is 0.308. The molecular formula is C13H16N4O2S. The van der Waals surface area contributed by atoms with Gasteiger partial charge >= 0.3 is 0 Å². The minimum Gasteiger partial charge on any atom is -0.399 e. The summed E-state index contributed by atoms with van der Waals surface area (Å²) in [5, 5.41) is 4.13. The van der Waals surface area contributed by atoms with E-state index >= 15 is 0 Å². The SMILES string of the molecule is CC1Cc2cc(N)ccc2N1S(=O)(=O)c1ccnn1C. The first-order chi connectivity index (χ1) is 9.41. The van der Waals surface area contributed by atoms with Gasteiger partial charge in [-0.3, -0.25) is 8.99 Å². The Hall–Kier alpha value is -2.02. The molecule has 0 spiro atoms. The number of nitrogens with zero attached hydrogens (tertiary/aromatic N) is 3. The molecule has 0 radical (unpaired) electrons. The van der Waals surface area contributed by atoms with Gasteiger partial charge in [0.1, 0.15) is 0 Å². The van der Waals surface area contributed by atoms with E-state index in [0.29, 0.717) is 17.8 Å². The lowest BCUT2D eigenvalue weighted by Gasteiger charge is -2.24. The molecule has 1 aromatic heterocycles. The summed E-state index contributed by atoms with van der Waals surface area (Å²) in [5.74, 6) is 0. The highest BCUT2D eigenvalue weighted by Gasteiger charge is 2.37. The Morgan fingerprint density at radius 1 is 1.35 bits per heavy atom. The summed E-state index contributed by atoms with van der Waals surface area (Å²) in [6.07, 6.45) is 2.15.